The van der Waals surface area contributed by atoms with Crippen molar-refractivity contribution < 1.29 is 19.2 Å². The first-order valence-electron chi connectivity index (χ1n) is 10.1. The molecule has 1 aliphatic rings. The van der Waals surface area contributed by atoms with E-state index in [1.807, 2.05) is 43.3 Å². The highest BCUT2D eigenvalue weighted by Gasteiger charge is 2.27. The predicted molar refractivity (Wildman–Crippen MR) is 116 cm³/mol. The molecule has 0 saturated heterocycles. The lowest BCUT2D eigenvalue weighted by molar-refractivity contribution is 0.0438. The van der Waals surface area contributed by atoms with Crippen LogP contribution >= 0.6 is 0 Å². The molecule has 2 aromatic carbocycles. The molecule has 4 aromatic rings. The number of para-hydroxylation sites is 1. The fraction of sp³-hybridized carbons (Fsp3) is 0.160. The Morgan fingerprint density at radius 1 is 1.16 bits per heavy atom. The number of aryl methyl sites for hydroxylation is 1. The molecule has 0 aliphatic heterocycles. The van der Waals surface area contributed by atoms with Gasteiger partial charge in [0.2, 0.25) is 0 Å². The van der Waals surface area contributed by atoms with Gasteiger partial charge >= 0.3 is 5.97 Å². The number of aromatic hydroxyl groups is 1. The van der Waals surface area contributed by atoms with Crippen molar-refractivity contribution >= 4 is 28.5 Å². The van der Waals surface area contributed by atoms with Crippen molar-refractivity contribution in [2.75, 3.05) is 0 Å². The topological polar surface area (TPSA) is 85.5 Å². The van der Waals surface area contributed by atoms with Gasteiger partial charge in [-0.15, -0.1) is 0 Å². The van der Waals surface area contributed by atoms with Crippen LogP contribution in [0.15, 0.2) is 59.1 Å². The van der Waals surface area contributed by atoms with Crippen LogP contribution in [0.25, 0.3) is 22.6 Å². The Morgan fingerprint density at radius 2 is 1.97 bits per heavy atom. The van der Waals surface area contributed by atoms with E-state index in [-0.39, 0.29) is 12.4 Å². The highest BCUT2D eigenvalue weighted by atomic mass is 16.5. The Bertz CT molecular complexity index is 1320. The molecule has 1 N–H and O–H groups in total. The monoisotopic (exact) mass is 412 g/mol. The summed E-state index contributed by atoms with van der Waals surface area (Å²) in [4.78, 5) is 18.0. The van der Waals surface area contributed by atoms with Crippen molar-refractivity contribution in [3.63, 3.8) is 0 Å². The number of benzene rings is 2. The Morgan fingerprint density at radius 3 is 2.74 bits per heavy atom. The molecule has 0 atom stereocenters. The van der Waals surface area contributed by atoms with E-state index in [4.69, 9.17) is 14.2 Å². The third-order valence-electron chi connectivity index (χ3n) is 5.40. The maximum Gasteiger partial charge on any atom is 0.339 e. The summed E-state index contributed by atoms with van der Waals surface area (Å²) in [6.07, 6.45) is 3.55. The predicted octanol–water partition coefficient (Wildman–Crippen LogP) is 5.08. The minimum atomic E-state index is -0.394. The summed E-state index contributed by atoms with van der Waals surface area (Å²) >= 11 is 0. The number of aromatic nitrogens is 2. The van der Waals surface area contributed by atoms with Gasteiger partial charge in [-0.25, -0.2) is 9.78 Å². The van der Waals surface area contributed by atoms with Crippen LogP contribution in [0.1, 0.15) is 45.1 Å². The number of esters is 1. The molecule has 154 valence electrons. The molecule has 0 spiro atoms. The van der Waals surface area contributed by atoms with E-state index in [9.17, 15) is 9.90 Å². The fourth-order valence-corrected chi connectivity index (χ4v) is 3.98. The van der Waals surface area contributed by atoms with Crippen molar-refractivity contribution in [1.82, 2.24) is 10.1 Å². The van der Waals surface area contributed by atoms with Crippen LogP contribution in [-0.4, -0.2) is 21.2 Å². The molecule has 6 heteroatoms. The van der Waals surface area contributed by atoms with Gasteiger partial charge in [-0.3, -0.25) is 0 Å². The third kappa shape index (κ3) is 3.68. The standard InChI is InChI=1S/C25H20N2O4/c1-15-12-19(31-27-15)14-30-25(29)23-20-4-2-3-5-22(20)26-24-17(8-11-21(23)24)13-16-6-9-18(28)10-7-16/h2-7,9-10,12-13,28H,8,11,14H2,1H3/b17-13+. The van der Waals surface area contributed by atoms with Gasteiger partial charge in [0, 0.05) is 11.5 Å². The quantitative estimate of drug-likeness (QED) is 0.471. The molecule has 0 bridgehead atoms. The van der Waals surface area contributed by atoms with Crippen molar-refractivity contribution in [3.8, 4) is 5.75 Å². The maximum atomic E-state index is 13.1. The Balaban J connectivity index is 1.55. The summed E-state index contributed by atoms with van der Waals surface area (Å²) in [7, 11) is 0. The SMILES string of the molecule is Cc1cc(COC(=O)c2c3c(nc4ccccc24)/C(=C/c2ccc(O)cc2)CC3)on1. The number of fused-ring (bicyclic) bond motifs is 2. The number of pyridine rings is 1. The summed E-state index contributed by atoms with van der Waals surface area (Å²) in [6.45, 7) is 1.85. The average molecular weight is 412 g/mol. The number of carbonyl (C=O) groups is 1. The number of hydrogen-bond donors (Lipinski definition) is 1. The van der Waals surface area contributed by atoms with Crippen LogP contribution in [-0.2, 0) is 17.8 Å². The first-order valence-corrected chi connectivity index (χ1v) is 10.1. The number of ether oxygens (including phenoxy) is 1. The highest BCUT2D eigenvalue weighted by molar-refractivity contribution is 6.07. The molecule has 1 aliphatic carbocycles. The lowest BCUT2D eigenvalue weighted by atomic mass is 10.0. The van der Waals surface area contributed by atoms with E-state index >= 15 is 0 Å². The lowest BCUT2D eigenvalue weighted by Crippen LogP contribution is -2.10. The molecule has 2 heterocycles. The fourth-order valence-electron chi connectivity index (χ4n) is 3.98. The third-order valence-corrected chi connectivity index (χ3v) is 5.40. The maximum absolute atomic E-state index is 13.1. The number of rotatable bonds is 4. The van der Waals surface area contributed by atoms with Gasteiger partial charge in [-0.1, -0.05) is 35.5 Å². The van der Waals surface area contributed by atoms with Crippen molar-refractivity contribution in [1.29, 1.82) is 0 Å². The van der Waals surface area contributed by atoms with Crippen LogP contribution in [0.3, 0.4) is 0 Å². The number of carbonyl (C=O) groups excluding carboxylic acids is 1. The minimum absolute atomic E-state index is 0.0291. The molecule has 0 unspecified atom stereocenters. The van der Waals surface area contributed by atoms with Crippen molar-refractivity contribution in [2.45, 2.75) is 26.4 Å². The number of phenolic OH excluding ortho intramolecular Hbond substituents is 1. The molecule has 5 rings (SSSR count). The first kappa shape index (κ1) is 19.1. The number of nitrogens with zero attached hydrogens (tertiary/aromatic N) is 2. The van der Waals surface area contributed by atoms with E-state index in [1.165, 1.54) is 0 Å². The van der Waals surface area contributed by atoms with Gasteiger partial charge in [0.1, 0.15) is 5.75 Å². The molecular formula is C25H20N2O4. The molecule has 2 aromatic heterocycles. The van der Waals surface area contributed by atoms with E-state index in [2.05, 4.69) is 11.2 Å². The minimum Gasteiger partial charge on any atom is -0.508 e. The number of hydrogen-bond acceptors (Lipinski definition) is 6. The Hall–Kier alpha value is -3.93. The molecular weight excluding hydrogens is 392 g/mol. The summed E-state index contributed by atoms with van der Waals surface area (Å²) in [6, 6.07) is 16.4. The molecule has 0 radical (unpaired) electrons. The number of phenols is 1. The molecule has 6 nitrogen and oxygen atoms in total. The van der Waals surface area contributed by atoms with Crippen LogP contribution in [0.5, 0.6) is 5.75 Å². The summed E-state index contributed by atoms with van der Waals surface area (Å²) < 4.78 is 10.7. The largest absolute Gasteiger partial charge is 0.508 e. The van der Waals surface area contributed by atoms with E-state index in [1.54, 1.807) is 18.2 Å². The summed E-state index contributed by atoms with van der Waals surface area (Å²) in [5.41, 5.74) is 5.82. The first-order chi connectivity index (χ1) is 15.1. The van der Waals surface area contributed by atoms with Gasteiger partial charge in [-0.2, -0.15) is 0 Å². The molecule has 0 saturated carbocycles. The van der Waals surface area contributed by atoms with Gasteiger partial charge in [0.15, 0.2) is 12.4 Å². The van der Waals surface area contributed by atoms with Crippen LogP contribution in [0, 0.1) is 6.92 Å². The van der Waals surface area contributed by atoms with Gasteiger partial charge in [0.25, 0.3) is 0 Å². The zero-order valence-electron chi connectivity index (χ0n) is 17.0. The van der Waals surface area contributed by atoms with Gasteiger partial charge < -0.3 is 14.4 Å². The van der Waals surface area contributed by atoms with Gasteiger partial charge in [0.05, 0.1) is 22.5 Å². The number of allylic oxidation sites excluding steroid dienone is 1. The normalized spacial score (nSPS) is 14.2. The zero-order valence-corrected chi connectivity index (χ0v) is 17.0. The summed E-state index contributed by atoms with van der Waals surface area (Å²) in [5, 5.41) is 14.1. The average Bonchev–Trinajstić information content (AvgIpc) is 3.37. The van der Waals surface area contributed by atoms with Crippen molar-refractivity contribution in [3.05, 3.63) is 88.4 Å². The van der Waals surface area contributed by atoms with E-state index < -0.39 is 5.97 Å². The van der Waals surface area contributed by atoms with Crippen LogP contribution in [0.4, 0.5) is 0 Å². The zero-order chi connectivity index (χ0) is 21.4. The van der Waals surface area contributed by atoms with Gasteiger partial charge in [-0.05, 0) is 60.7 Å². The van der Waals surface area contributed by atoms with Crippen LogP contribution in [0.2, 0.25) is 0 Å². The van der Waals surface area contributed by atoms with Crippen LogP contribution < -0.4 is 0 Å². The van der Waals surface area contributed by atoms with Crippen molar-refractivity contribution in [2.24, 2.45) is 0 Å². The summed E-state index contributed by atoms with van der Waals surface area (Å²) in [5.74, 6) is 0.341. The Labute approximate surface area is 178 Å². The smallest absolute Gasteiger partial charge is 0.339 e. The molecule has 31 heavy (non-hydrogen) atoms. The second-order valence-electron chi connectivity index (χ2n) is 7.60. The molecule has 0 amide bonds. The second kappa shape index (κ2) is 7.72. The highest BCUT2D eigenvalue weighted by Crippen LogP contribution is 2.38. The Kier molecular flexibility index (Phi) is 4.75. The van der Waals surface area contributed by atoms with E-state index in [0.717, 1.165) is 45.4 Å². The van der Waals surface area contributed by atoms with E-state index in [0.29, 0.717) is 17.7 Å². The molecule has 0 fully saturated rings. The second-order valence-corrected chi connectivity index (χ2v) is 7.60. The lowest BCUT2D eigenvalue weighted by Gasteiger charge is -2.12.